The van der Waals surface area contributed by atoms with Gasteiger partial charge in [-0.3, -0.25) is 4.79 Å². The van der Waals surface area contributed by atoms with E-state index in [2.05, 4.69) is 10.3 Å². The van der Waals surface area contributed by atoms with Gasteiger partial charge >= 0.3 is 5.97 Å². The molecule has 0 bridgehead atoms. The second kappa shape index (κ2) is 7.65. The maximum absolute atomic E-state index is 12.1. The van der Waals surface area contributed by atoms with Crippen LogP contribution >= 0.6 is 0 Å². The normalized spacial score (nSPS) is 14.8. The van der Waals surface area contributed by atoms with Crippen LogP contribution in [-0.4, -0.2) is 24.4 Å². The Hall–Kier alpha value is -3.41. The molecule has 132 valence electrons. The molecule has 0 fully saturated rings. The summed E-state index contributed by atoms with van der Waals surface area (Å²) in [5.74, 6) is 0.371. The van der Waals surface area contributed by atoms with E-state index in [1.807, 2.05) is 6.92 Å². The summed E-state index contributed by atoms with van der Waals surface area (Å²) in [7, 11) is 0. The lowest BCUT2D eigenvalue weighted by Crippen LogP contribution is -2.05. The van der Waals surface area contributed by atoms with Crippen molar-refractivity contribution in [2.75, 3.05) is 11.9 Å². The monoisotopic (exact) mass is 350 g/mol. The number of hydrogen-bond donors (Lipinski definition) is 1. The van der Waals surface area contributed by atoms with Gasteiger partial charge in [0.1, 0.15) is 5.75 Å². The van der Waals surface area contributed by atoms with Crippen LogP contribution in [0.1, 0.15) is 25.0 Å². The Labute approximate surface area is 151 Å². The van der Waals surface area contributed by atoms with Crippen LogP contribution in [0.15, 0.2) is 59.2 Å². The van der Waals surface area contributed by atoms with Crippen LogP contribution in [0, 0.1) is 0 Å². The number of hydrogen-bond acceptors (Lipinski definition) is 5. The lowest BCUT2D eigenvalue weighted by atomic mass is 10.1. The Kier molecular flexibility index (Phi) is 5.12. The number of amides is 1. The highest BCUT2D eigenvalue weighted by Gasteiger charge is 2.24. The summed E-state index contributed by atoms with van der Waals surface area (Å²) >= 11 is 0. The molecule has 1 aliphatic rings. The molecule has 1 heterocycles. The third-order valence-corrected chi connectivity index (χ3v) is 3.57. The fourth-order valence-corrected chi connectivity index (χ4v) is 2.42. The van der Waals surface area contributed by atoms with Gasteiger partial charge in [0.15, 0.2) is 5.70 Å². The molecule has 3 rings (SSSR count). The first-order chi connectivity index (χ1) is 12.5. The highest BCUT2D eigenvalue weighted by Crippen LogP contribution is 2.21. The maximum Gasteiger partial charge on any atom is 0.363 e. The summed E-state index contributed by atoms with van der Waals surface area (Å²) in [6, 6.07) is 14.3. The van der Waals surface area contributed by atoms with Crippen molar-refractivity contribution in [3.63, 3.8) is 0 Å². The van der Waals surface area contributed by atoms with E-state index in [1.54, 1.807) is 54.6 Å². The smallest absolute Gasteiger partial charge is 0.363 e. The molecule has 0 aromatic heterocycles. The number of cyclic esters (lactones) is 1. The van der Waals surface area contributed by atoms with E-state index in [0.717, 1.165) is 11.3 Å². The van der Waals surface area contributed by atoms with Gasteiger partial charge in [-0.2, -0.15) is 0 Å². The second-order valence-electron chi connectivity index (χ2n) is 5.60. The number of anilines is 1. The summed E-state index contributed by atoms with van der Waals surface area (Å²) in [6.45, 7) is 3.95. The Bertz CT molecular complexity index is 881. The number of nitrogens with one attached hydrogen (secondary N) is 1. The molecule has 0 atom stereocenters. The number of benzene rings is 2. The number of ether oxygens (including phenoxy) is 2. The molecule has 6 heteroatoms. The predicted octanol–water partition coefficient (Wildman–Crippen LogP) is 3.39. The van der Waals surface area contributed by atoms with E-state index in [1.165, 1.54) is 6.92 Å². The zero-order chi connectivity index (χ0) is 18.5. The van der Waals surface area contributed by atoms with Crippen molar-refractivity contribution in [2.24, 2.45) is 4.99 Å². The summed E-state index contributed by atoms with van der Waals surface area (Å²) in [4.78, 5) is 27.4. The molecular formula is C20H18N2O4. The Balaban J connectivity index is 1.78. The zero-order valence-corrected chi connectivity index (χ0v) is 14.5. The molecule has 2 aromatic carbocycles. The van der Waals surface area contributed by atoms with Crippen LogP contribution in [0.3, 0.4) is 0 Å². The van der Waals surface area contributed by atoms with Crippen LogP contribution < -0.4 is 10.1 Å². The highest BCUT2D eigenvalue weighted by molar-refractivity contribution is 6.12. The van der Waals surface area contributed by atoms with E-state index in [-0.39, 0.29) is 17.5 Å². The minimum absolute atomic E-state index is 0.139. The standard InChI is InChI=1S/C20H18N2O4/c1-3-25-17-10-6-15(7-11-17)19-22-18(20(24)26-19)12-14-4-8-16(9-5-14)21-13(2)23/h4-12H,3H2,1-2H3,(H,21,23)/b18-12-. The van der Waals surface area contributed by atoms with Crippen molar-refractivity contribution in [1.82, 2.24) is 0 Å². The van der Waals surface area contributed by atoms with Gasteiger partial charge in [-0.1, -0.05) is 12.1 Å². The number of nitrogens with zero attached hydrogens (tertiary/aromatic N) is 1. The van der Waals surface area contributed by atoms with Gasteiger partial charge in [-0.05, 0) is 55.0 Å². The van der Waals surface area contributed by atoms with Crippen LogP contribution in [0.5, 0.6) is 5.75 Å². The van der Waals surface area contributed by atoms with E-state index >= 15 is 0 Å². The van der Waals surface area contributed by atoms with Gasteiger partial charge in [0.2, 0.25) is 11.8 Å². The Morgan fingerprint density at radius 2 is 1.85 bits per heavy atom. The number of esters is 1. The lowest BCUT2D eigenvalue weighted by molar-refractivity contribution is -0.129. The molecule has 0 aliphatic carbocycles. The molecule has 0 radical (unpaired) electrons. The maximum atomic E-state index is 12.1. The van der Waals surface area contributed by atoms with E-state index in [0.29, 0.717) is 17.9 Å². The number of carbonyl (C=O) groups excluding carboxylic acids is 2. The van der Waals surface area contributed by atoms with Crippen molar-refractivity contribution >= 4 is 29.5 Å². The van der Waals surface area contributed by atoms with Crippen LogP contribution in [0.4, 0.5) is 5.69 Å². The number of aliphatic imine (C=N–C) groups is 1. The van der Waals surface area contributed by atoms with Crippen LogP contribution in [-0.2, 0) is 14.3 Å². The fraction of sp³-hybridized carbons (Fsp3) is 0.150. The van der Waals surface area contributed by atoms with Crippen LogP contribution in [0.2, 0.25) is 0 Å². The Morgan fingerprint density at radius 3 is 2.46 bits per heavy atom. The fourth-order valence-electron chi connectivity index (χ4n) is 2.42. The summed E-state index contributed by atoms with van der Waals surface area (Å²) in [5, 5.41) is 2.69. The average molecular weight is 350 g/mol. The molecule has 0 unspecified atom stereocenters. The first kappa shape index (κ1) is 17.4. The van der Waals surface area contributed by atoms with Crippen molar-refractivity contribution in [2.45, 2.75) is 13.8 Å². The number of carbonyl (C=O) groups is 2. The van der Waals surface area contributed by atoms with Gasteiger partial charge in [0.25, 0.3) is 0 Å². The molecule has 1 aliphatic heterocycles. The van der Waals surface area contributed by atoms with E-state index in [9.17, 15) is 9.59 Å². The zero-order valence-electron chi connectivity index (χ0n) is 14.5. The van der Waals surface area contributed by atoms with E-state index in [4.69, 9.17) is 9.47 Å². The van der Waals surface area contributed by atoms with Gasteiger partial charge in [0, 0.05) is 18.2 Å². The second-order valence-corrected chi connectivity index (χ2v) is 5.60. The SMILES string of the molecule is CCOc1ccc(C2=N/C(=C\c3ccc(NC(C)=O)cc3)C(=O)O2)cc1. The average Bonchev–Trinajstić information content (AvgIpc) is 2.98. The van der Waals surface area contributed by atoms with E-state index < -0.39 is 5.97 Å². The van der Waals surface area contributed by atoms with Crippen molar-refractivity contribution in [1.29, 1.82) is 0 Å². The molecule has 0 spiro atoms. The highest BCUT2D eigenvalue weighted by atomic mass is 16.6. The minimum atomic E-state index is -0.500. The molecule has 1 N–H and O–H groups in total. The predicted molar refractivity (Wildman–Crippen MR) is 99.0 cm³/mol. The quantitative estimate of drug-likeness (QED) is 0.662. The largest absolute Gasteiger partial charge is 0.494 e. The van der Waals surface area contributed by atoms with Crippen molar-refractivity contribution in [3.8, 4) is 5.75 Å². The topological polar surface area (TPSA) is 77.0 Å². The summed E-state index contributed by atoms with van der Waals surface area (Å²) in [5.41, 5.74) is 2.39. The summed E-state index contributed by atoms with van der Waals surface area (Å²) < 4.78 is 10.6. The molecule has 26 heavy (non-hydrogen) atoms. The molecule has 6 nitrogen and oxygen atoms in total. The van der Waals surface area contributed by atoms with Crippen molar-refractivity contribution in [3.05, 3.63) is 65.4 Å². The number of rotatable bonds is 5. The third-order valence-electron chi connectivity index (χ3n) is 3.57. The van der Waals surface area contributed by atoms with Crippen LogP contribution in [0.25, 0.3) is 6.08 Å². The van der Waals surface area contributed by atoms with Gasteiger partial charge in [-0.15, -0.1) is 0 Å². The first-order valence-corrected chi connectivity index (χ1v) is 8.18. The Morgan fingerprint density at radius 1 is 1.15 bits per heavy atom. The third kappa shape index (κ3) is 4.16. The first-order valence-electron chi connectivity index (χ1n) is 8.18. The molecule has 2 aromatic rings. The molecular weight excluding hydrogens is 332 g/mol. The molecule has 1 amide bonds. The summed E-state index contributed by atoms with van der Waals surface area (Å²) in [6.07, 6.45) is 1.64. The van der Waals surface area contributed by atoms with Gasteiger partial charge in [0.05, 0.1) is 6.61 Å². The van der Waals surface area contributed by atoms with Gasteiger partial charge in [-0.25, -0.2) is 9.79 Å². The lowest BCUT2D eigenvalue weighted by Gasteiger charge is -2.03. The van der Waals surface area contributed by atoms with Crippen molar-refractivity contribution < 1.29 is 19.1 Å². The minimum Gasteiger partial charge on any atom is -0.494 e. The molecule has 0 saturated carbocycles. The molecule has 0 saturated heterocycles. The van der Waals surface area contributed by atoms with Gasteiger partial charge < -0.3 is 14.8 Å².